The van der Waals surface area contributed by atoms with Gasteiger partial charge in [0.2, 0.25) is 6.79 Å². The lowest BCUT2D eigenvalue weighted by molar-refractivity contribution is -0.135. The van der Waals surface area contributed by atoms with E-state index in [1.807, 2.05) is 36.4 Å². The summed E-state index contributed by atoms with van der Waals surface area (Å²) in [6.45, 7) is 0.210. The summed E-state index contributed by atoms with van der Waals surface area (Å²) in [5, 5.41) is 0. The first-order chi connectivity index (χ1) is 9.81. The zero-order valence-electron chi connectivity index (χ0n) is 10.7. The second kappa shape index (κ2) is 4.27. The number of benzene rings is 2. The number of hydrogen-bond acceptors (Lipinski definition) is 4. The third-order valence-electron chi connectivity index (χ3n) is 3.68. The molecule has 4 heteroatoms. The van der Waals surface area contributed by atoms with Gasteiger partial charge in [-0.05, 0) is 11.6 Å². The molecule has 0 aliphatic carbocycles. The van der Waals surface area contributed by atoms with Crippen molar-refractivity contribution in [3.05, 3.63) is 53.6 Å². The summed E-state index contributed by atoms with van der Waals surface area (Å²) in [5.41, 5.74) is 2.07. The second-order valence-corrected chi connectivity index (χ2v) is 4.88. The molecule has 0 radical (unpaired) electrons. The highest BCUT2D eigenvalue weighted by atomic mass is 16.7. The summed E-state index contributed by atoms with van der Waals surface area (Å²) in [6.07, 6.45) is 0.344. The Morgan fingerprint density at radius 1 is 0.950 bits per heavy atom. The van der Waals surface area contributed by atoms with E-state index in [4.69, 9.17) is 14.2 Å². The van der Waals surface area contributed by atoms with E-state index in [0.717, 1.165) is 11.1 Å². The van der Waals surface area contributed by atoms with E-state index in [1.54, 1.807) is 6.07 Å². The number of carbonyl (C=O) groups excluding carboxylic acids is 1. The number of carbonyl (C=O) groups is 1. The van der Waals surface area contributed by atoms with Gasteiger partial charge in [0.1, 0.15) is 5.75 Å². The molecule has 0 bridgehead atoms. The Labute approximate surface area is 115 Å². The molecular weight excluding hydrogens is 256 g/mol. The van der Waals surface area contributed by atoms with Gasteiger partial charge in [0.25, 0.3) is 0 Å². The molecule has 2 aliphatic rings. The van der Waals surface area contributed by atoms with Crippen molar-refractivity contribution < 1.29 is 19.0 Å². The van der Waals surface area contributed by atoms with Crippen molar-refractivity contribution >= 4 is 5.97 Å². The number of hydrogen-bond donors (Lipinski definition) is 0. The summed E-state index contributed by atoms with van der Waals surface area (Å²) < 4.78 is 16.1. The van der Waals surface area contributed by atoms with Crippen molar-refractivity contribution in [3.8, 4) is 17.2 Å². The Morgan fingerprint density at radius 3 is 2.50 bits per heavy atom. The fourth-order valence-electron chi connectivity index (χ4n) is 2.72. The van der Waals surface area contributed by atoms with Gasteiger partial charge in [-0.1, -0.05) is 30.3 Å². The monoisotopic (exact) mass is 268 g/mol. The van der Waals surface area contributed by atoms with Crippen LogP contribution in [0.25, 0.3) is 0 Å². The first kappa shape index (κ1) is 11.3. The van der Waals surface area contributed by atoms with Gasteiger partial charge < -0.3 is 14.2 Å². The predicted molar refractivity (Wildman–Crippen MR) is 71.1 cm³/mol. The van der Waals surface area contributed by atoms with Crippen LogP contribution in [0.1, 0.15) is 23.5 Å². The van der Waals surface area contributed by atoms with Gasteiger partial charge in [-0.3, -0.25) is 4.79 Å². The van der Waals surface area contributed by atoms with Gasteiger partial charge in [-0.25, -0.2) is 0 Å². The zero-order chi connectivity index (χ0) is 13.5. The van der Waals surface area contributed by atoms with Gasteiger partial charge in [0, 0.05) is 17.5 Å². The van der Waals surface area contributed by atoms with Crippen LogP contribution >= 0.6 is 0 Å². The molecule has 0 saturated heterocycles. The SMILES string of the molecule is O=C1CC(c2ccccc2)c2cc3c(cc2O1)OCO3. The third-order valence-corrected chi connectivity index (χ3v) is 3.68. The molecule has 2 aromatic carbocycles. The van der Waals surface area contributed by atoms with Gasteiger partial charge in [-0.15, -0.1) is 0 Å². The molecule has 2 aliphatic heterocycles. The zero-order valence-corrected chi connectivity index (χ0v) is 10.7. The molecular formula is C16H12O4. The standard InChI is InChI=1S/C16H12O4/c17-16-7-11(10-4-2-1-3-5-10)12-6-14-15(19-9-18-14)8-13(12)20-16/h1-6,8,11H,7,9H2. The van der Waals surface area contributed by atoms with E-state index in [-0.39, 0.29) is 18.7 Å². The van der Waals surface area contributed by atoms with Crippen LogP contribution in [0.3, 0.4) is 0 Å². The van der Waals surface area contributed by atoms with Gasteiger partial charge in [0.15, 0.2) is 11.5 Å². The van der Waals surface area contributed by atoms with Crippen molar-refractivity contribution in [3.63, 3.8) is 0 Å². The highest BCUT2D eigenvalue weighted by Crippen LogP contribution is 2.45. The molecule has 20 heavy (non-hydrogen) atoms. The average molecular weight is 268 g/mol. The van der Waals surface area contributed by atoms with Gasteiger partial charge >= 0.3 is 5.97 Å². The molecule has 0 fully saturated rings. The average Bonchev–Trinajstić information content (AvgIpc) is 2.92. The van der Waals surface area contributed by atoms with Crippen molar-refractivity contribution in [2.24, 2.45) is 0 Å². The Balaban J connectivity index is 1.86. The fourth-order valence-corrected chi connectivity index (χ4v) is 2.72. The van der Waals surface area contributed by atoms with E-state index < -0.39 is 0 Å². The molecule has 0 saturated carbocycles. The second-order valence-electron chi connectivity index (χ2n) is 4.88. The highest BCUT2D eigenvalue weighted by molar-refractivity contribution is 5.78. The Bertz CT molecular complexity index is 678. The van der Waals surface area contributed by atoms with Gasteiger partial charge in [-0.2, -0.15) is 0 Å². The molecule has 4 rings (SSSR count). The molecule has 100 valence electrons. The Kier molecular flexibility index (Phi) is 2.42. The van der Waals surface area contributed by atoms with Crippen LogP contribution in [0.2, 0.25) is 0 Å². The van der Waals surface area contributed by atoms with Crippen LogP contribution in [0, 0.1) is 0 Å². The topological polar surface area (TPSA) is 44.8 Å². The Hall–Kier alpha value is -2.49. The quantitative estimate of drug-likeness (QED) is 0.589. The number of esters is 1. The lowest BCUT2D eigenvalue weighted by Crippen LogP contribution is -2.20. The third kappa shape index (κ3) is 1.72. The van der Waals surface area contributed by atoms with Crippen molar-refractivity contribution in [2.75, 3.05) is 6.79 Å². The minimum Gasteiger partial charge on any atom is -0.454 e. The smallest absolute Gasteiger partial charge is 0.312 e. The molecule has 0 aromatic heterocycles. The summed E-state index contributed by atoms with van der Waals surface area (Å²) in [5.74, 6) is 1.69. The Morgan fingerprint density at radius 2 is 1.70 bits per heavy atom. The summed E-state index contributed by atoms with van der Waals surface area (Å²) >= 11 is 0. The van der Waals surface area contributed by atoms with Crippen LogP contribution in [0.5, 0.6) is 17.2 Å². The number of ether oxygens (including phenoxy) is 3. The lowest BCUT2D eigenvalue weighted by Gasteiger charge is -2.25. The first-order valence-corrected chi connectivity index (χ1v) is 6.50. The largest absolute Gasteiger partial charge is 0.454 e. The van der Waals surface area contributed by atoms with E-state index in [0.29, 0.717) is 23.7 Å². The maximum Gasteiger partial charge on any atom is 0.312 e. The minimum atomic E-state index is -0.217. The normalized spacial score (nSPS) is 19.4. The van der Waals surface area contributed by atoms with Crippen LogP contribution < -0.4 is 14.2 Å². The molecule has 2 aromatic rings. The van der Waals surface area contributed by atoms with E-state index in [1.165, 1.54) is 0 Å². The van der Waals surface area contributed by atoms with E-state index in [9.17, 15) is 4.79 Å². The summed E-state index contributed by atoms with van der Waals surface area (Å²) in [4.78, 5) is 11.8. The highest BCUT2D eigenvalue weighted by Gasteiger charge is 2.31. The van der Waals surface area contributed by atoms with E-state index in [2.05, 4.69) is 0 Å². The maximum atomic E-state index is 11.8. The molecule has 4 nitrogen and oxygen atoms in total. The van der Waals surface area contributed by atoms with Crippen molar-refractivity contribution in [1.29, 1.82) is 0 Å². The summed E-state index contributed by atoms with van der Waals surface area (Å²) in [7, 11) is 0. The molecule has 2 heterocycles. The predicted octanol–water partition coefficient (Wildman–Crippen LogP) is 2.86. The fraction of sp³-hybridized carbons (Fsp3) is 0.188. The minimum absolute atomic E-state index is 0.00181. The van der Waals surface area contributed by atoms with Crippen molar-refractivity contribution in [1.82, 2.24) is 0 Å². The van der Waals surface area contributed by atoms with Crippen LogP contribution in [0.15, 0.2) is 42.5 Å². The molecule has 1 atom stereocenters. The van der Waals surface area contributed by atoms with Crippen LogP contribution in [0.4, 0.5) is 0 Å². The van der Waals surface area contributed by atoms with Gasteiger partial charge in [0.05, 0.1) is 6.42 Å². The lowest BCUT2D eigenvalue weighted by atomic mass is 9.86. The molecule has 1 unspecified atom stereocenters. The molecule has 0 spiro atoms. The first-order valence-electron chi connectivity index (χ1n) is 6.50. The van der Waals surface area contributed by atoms with Crippen LogP contribution in [-0.2, 0) is 4.79 Å². The summed E-state index contributed by atoms with van der Waals surface area (Å²) in [6, 6.07) is 13.6. The maximum absolute atomic E-state index is 11.8. The number of rotatable bonds is 1. The van der Waals surface area contributed by atoms with Crippen molar-refractivity contribution in [2.45, 2.75) is 12.3 Å². The molecule has 0 N–H and O–H groups in total. The van der Waals surface area contributed by atoms with Crippen LogP contribution in [-0.4, -0.2) is 12.8 Å². The van der Waals surface area contributed by atoms with E-state index >= 15 is 0 Å². The number of fused-ring (bicyclic) bond motifs is 2. The molecule has 0 amide bonds.